The minimum Gasteiger partial charge on any atom is -0.491 e. The van der Waals surface area contributed by atoms with Gasteiger partial charge in [-0.2, -0.15) is 13.2 Å². The van der Waals surface area contributed by atoms with E-state index in [1.54, 1.807) is 0 Å². The van der Waals surface area contributed by atoms with Gasteiger partial charge in [0.15, 0.2) is 0 Å². The van der Waals surface area contributed by atoms with Gasteiger partial charge in [-0.25, -0.2) is 0 Å². The summed E-state index contributed by atoms with van der Waals surface area (Å²) >= 11 is 0. The minimum atomic E-state index is -4.35. The lowest BCUT2D eigenvalue weighted by Crippen LogP contribution is -2.24. The lowest BCUT2D eigenvalue weighted by atomic mass is 10.1. The Kier molecular flexibility index (Phi) is 3.49. The minimum absolute atomic E-state index is 0.0805. The predicted molar refractivity (Wildman–Crippen MR) is 74.5 cm³/mol. The molecule has 0 fully saturated rings. The van der Waals surface area contributed by atoms with Gasteiger partial charge in [-0.1, -0.05) is 24.3 Å². The van der Waals surface area contributed by atoms with Crippen LogP contribution in [0.1, 0.15) is 11.1 Å². The molecule has 0 aliphatic carbocycles. The fourth-order valence-corrected chi connectivity index (χ4v) is 2.44. The third-order valence-electron chi connectivity index (χ3n) is 3.46. The van der Waals surface area contributed by atoms with Crippen LogP contribution in [0.3, 0.4) is 0 Å². The van der Waals surface area contributed by atoms with Crippen LogP contribution in [0.25, 0.3) is 0 Å². The summed E-state index contributed by atoms with van der Waals surface area (Å²) in [6.07, 6.45) is -3.53. The number of alkyl halides is 3. The van der Waals surface area contributed by atoms with E-state index >= 15 is 0 Å². The molecule has 1 atom stereocenters. The third kappa shape index (κ3) is 3.12. The monoisotopic (exact) mass is 293 g/mol. The Morgan fingerprint density at radius 3 is 2.67 bits per heavy atom. The topological polar surface area (TPSA) is 21.3 Å². The van der Waals surface area contributed by atoms with Gasteiger partial charge in [0.25, 0.3) is 0 Å². The molecule has 0 saturated carbocycles. The molecule has 3 rings (SSSR count). The van der Waals surface area contributed by atoms with E-state index in [1.165, 1.54) is 17.7 Å². The van der Waals surface area contributed by atoms with Gasteiger partial charge in [0, 0.05) is 5.69 Å². The van der Waals surface area contributed by atoms with Crippen LogP contribution in [0.15, 0.2) is 48.5 Å². The van der Waals surface area contributed by atoms with Gasteiger partial charge in [-0.3, -0.25) is 0 Å². The van der Waals surface area contributed by atoms with Crippen molar-refractivity contribution in [2.45, 2.75) is 18.6 Å². The van der Waals surface area contributed by atoms with E-state index in [9.17, 15) is 13.2 Å². The second-order valence-corrected chi connectivity index (χ2v) is 5.04. The summed E-state index contributed by atoms with van der Waals surface area (Å²) in [4.78, 5) is 0. The summed E-state index contributed by atoms with van der Waals surface area (Å²) in [6.45, 7) is 0.329. The van der Waals surface area contributed by atoms with Gasteiger partial charge in [-0.05, 0) is 36.2 Å². The van der Waals surface area contributed by atoms with E-state index in [4.69, 9.17) is 4.74 Å². The average molecular weight is 293 g/mol. The van der Waals surface area contributed by atoms with Crippen molar-refractivity contribution in [3.8, 4) is 5.75 Å². The molecule has 0 saturated heterocycles. The molecule has 0 amide bonds. The van der Waals surface area contributed by atoms with Crippen LogP contribution < -0.4 is 10.1 Å². The third-order valence-corrected chi connectivity index (χ3v) is 3.46. The Hall–Kier alpha value is -2.17. The molecule has 0 aromatic heterocycles. The number of nitrogens with one attached hydrogen (secondary N) is 1. The summed E-state index contributed by atoms with van der Waals surface area (Å²) in [5.74, 6) is 0.239. The molecule has 1 aliphatic rings. The highest BCUT2D eigenvalue weighted by Crippen LogP contribution is 2.31. The summed E-state index contributed by atoms with van der Waals surface area (Å²) in [5.41, 5.74) is 1.58. The lowest BCUT2D eigenvalue weighted by molar-refractivity contribution is -0.137. The van der Waals surface area contributed by atoms with Crippen LogP contribution in [0, 0.1) is 0 Å². The lowest BCUT2D eigenvalue weighted by Gasteiger charge is -2.14. The van der Waals surface area contributed by atoms with E-state index in [0.717, 1.165) is 24.2 Å². The molecule has 0 radical (unpaired) electrons. The number of fused-ring (bicyclic) bond motifs is 1. The fraction of sp³-hybridized carbons (Fsp3) is 0.250. The Morgan fingerprint density at radius 1 is 1.10 bits per heavy atom. The van der Waals surface area contributed by atoms with Crippen molar-refractivity contribution in [1.29, 1.82) is 0 Å². The second-order valence-electron chi connectivity index (χ2n) is 5.04. The van der Waals surface area contributed by atoms with Crippen LogP contribution in [0.5, 0.6) is 5.75 Å². The number of ether oxygens (including phenoxy) is 1. The number of benzene rings is 2. The molecule has 1 aliphatic heterocycles. The first-order valence-electron chi connectivity index (χ1n) is 6.67. The highest BCUT2D eigenvalue weighted by atomic mass is 19.4. The maximum absolute atomic E-state index is 12.6. The molecule has 5 heteroatoms. The SMILES string of the molecule is FC(F)(F)c1cccc(OCC2Cc3ccccc3N2)c1. The van der Waals surface area contributed by atoms with E-state index in [0.29, 0.717) is 6.61 Å². The standard InChI is InChI=1S/C16H14F3NO/c17-16(18,19)12-5-3-6-14(9-12)21-10-13-8-11-4-1-2-7-15(11)20-13/h1-7,9,13,20H,8,10H2. The zero-order chi connectivity index (χ0) is 14.9. The summed E-state index contributed by atoms with van der Waals surface area (Å²) in [6, 6.07) is 13.0. The van der Waals surface area contributed by atoms with Crippen molar-refractivity contribution >= 4 is 5.69 Å². The van der Waals surface area contributed by atoms with Gasteiger partial charge < -0.3 is 10.1 Å². The Labute approximate surface area is 120 Å². The van der Waals surface area contributed by atoms with Crippen molar-refractivity contribution in [3.05, 3.63) is 59.7 Å². The van der Waals surface area contributed by atoms with Crippen molar-refractivity contribution < 1.29 is 17.9 Å². The first-order valence-corrected chi connectivity index (χ1v) is 6.67. The van der Waals surface area contributed by atoms with Crippen LogP contribution in [0.4, 0.5) is 18.9 Å². The molecule has 110 valence electrons. The first kappa shape index (κ1) is 13.8. The van der Waals surface area contributed by atoms with Crippen molar-refractivity contribution in [1.82, 2.24) is 0 Å². The molecule has 2 aromatic carbocycles. The number of hydrogen-bond acceptors (Lipinski definition) is 2. The zero-order valence-corrected chi connectivity index (χ0v) is 11.2. The summed E-state index contributed by atoms with van der Waals surface area (Å²) < 4.78 is 43.4. The van der Waals surface area contributed by atoms with Crippen molar-refractivity contribution in [3.63, 3.8) is 0 Å². The second kappa shape index (κ2) is 5.31. The summed E-state index contributed by atoms with van der Waals surface area (Å²) in [7, 11) is 0. The number of anilines is 1. The van der Waals surface area contributed by atoms with Gasteiger partial charge in [0.05, 0.1) is 11.6 Å². The van der Waals surface area contributed by atoms with E-state index in [2.05, 4.69) is 5.32 Å². The van der Waals surface area contributed by atoms with Gasteiger partial charge in [-0.15, -0.1) is 0 Å². The van der Waals surface area contributed by atoms with Crippen molar-refractivity contribution in [2.75, 3.05) is 11.9 Å². The molecule has 0 spiro atoms. The van der Waals surface area contributed by atoms with E-state index in [1.807, 2.05) is 24.3 Å². The molecule has 2 nitrogen and oxygen atoms in total. The van der Waals surface area contributed by atoms with E-state index in [-0.39, 0.29) is 11.8 Å². The van der Waals surface area contributed by atoms with E-state index < -0.39 is 11.7 Å². The molecular formula is C16H14F3NO. The van der Waals surface area contributed by atoms with Crippen LogP contribution in [-0.2, 0) is 12.6 Å². The Bertz CT molecular complexity index is 614. The normalized spacial score (nSPS) is 17.2. The van der Waals surface area contributed by atoms with Crippen LogP contribution in [-0.4, -0.2) is 12.6 Å². The van der Waals surface area contributed by atoms with Crippen LogP contribution >= 0.6 is 0 Å². The molecule has 1 unspecified atom stereocenters. The quantitative estimate of drug-likeness (QED) is 0.919. The highest BCUT2D eigenvalue weighted by molar-refractivity contribution is 5.56. The average Bonchev–Trinajstić information content (AvgIpc) is 2.87. The number of para-hydroxylation sites is 1. The molecule has 0 bridgehead atoms. The number of rotatable bonds is 3. The maximum atomic E-state index is 12.6. The Morgan fingerprint density at radius 2 is 1.90 bits per heavy atom. The van der Waals surface area contributed by atoms with Crippen molar-refractivity contribution in [2.24, 2.45) is 0 Å². The van der Waals surface area contributed by atoms with Gasteiger partial charge in [0.1, 0.15) is 12.4 Å². The molecule has 1 N–H and O–H groups in total. The molecule has 2 aromatic rings. The predicted octanol–water partition coefficient (Wildman–Crippen LogP) is 4.12. The van der Waals surface area contributed by atoms with Crippen LogP contribution in [0.2, 0.25) is 0 Å². The largest absolute Gasteiger partial charge is 0.491 e. The number of halogens is 3. The number of hydrogen-bond donors (Lipinski definition) is 1. The summed E-state index contributed by atoms with van der Waals surface area (Å²) in [5, 5.41) is 3.30. The molecular weight excluding hydrogens is 279 g/mol. The first-order chi connectivity index (χ1) is 10.0. The maximum Gasteiger partial charge on any atom is 0.416 e. The fourth-order valence-electron chi connectivity index (χ4n) is 2.44. The smallest absolute Gasteiger partial charge is 0.416 e. The highest BCUT2D eigenvalue weighted by Gasteiger charge is 2.30. The van der Waals surface area contributed by atoms with Gasteiger partial charge >= 0.3 is 6.18 Å². The zero-order valence-electron chi connectivity index (χ0n) is 11.2. The molecule has 21 heavy (non-hydrogen) atoms. The Balaban J connectivity index is 1.62. The van der Waals surface area contributed by atoms with Gasteiger partial charge in [0.2, 0.25) is 0 Å². The molecule has 1 heterocycles.